The lowest BCUT2D eigenvalue weighted by molar-refractivity contribution is 0.428. The van der Waals surface area contributed by atoms with Gasteiger partial charge in [-0.3, -0.25) is 4.98 Å². The first-order valence-corrected chi connectivity index (χ1v) is 5.98. The highest BCUT2D eigenvalue weighted by molar-refractivity contribution is 6.30. The number of aromatic nitrogens is 3. The summed E-state index contributed by atoms with van der Waals surface area (Å²) in [6, 6.07) is 7.36. The van der Waals surface area contributed by atoms with Gasteiger partial charge in [-0.1, -0.05) is 16.8 Å². The molecule has 0 unspecified atom stereocenters. The van der Waals surface area contributed by atoms with E-state index in [0.717, 1.165) is 0 Å². The quantitative estimate of drug-likeness (QED) is 0.753. The topological polar surface area (TPSA) is 92.3 Å². The Kier molecular flexibility index (Phi) is 3.00. The Hall–Kier alpha value is -2.60. The number of aromatic hydroxyl groups is 2. The third-order valence-corrected chi connectivity index (χ3v) is 2.76. The summed E-state index contributed by atoms with van der Waals surface area (Å²) in [6.45, 7) is 0. The number of phenols is 2. The van der Waals surface area contributed by atoms with Crippen LogP contribution in [0.2, 0.25) is 5.02 Å². The molecule has 0 bridgehead atoms. The predicted molar refractivity (Wildman–Crippen MR) is 71.3 cm³/mol. The molecule has 0 saturated carbocycles. The Bertz CT molecular complexity index is 736. The van der Waals surface area contributed by atoms with Crippen LogP contribution in [0.1, 0.15) is 0 Å². The summed E-state index contributed by atoms with van der Waals surface area (Å²) >= 11 is 5.75. The third-order valence-electron chi connectivity index (χ3n) is 2.53. The number of pyridine rings is 1. The van der Waals surface area contributed by atoms with Crippen molar-refractivity contribution in [2.24, 2.45) is 0 Å². The molecule has 1 aromatic carbocycles. The average molecular weight is 290 g/mol. The van der Waals surface area contributed by atoms with E-state index in [-0.39, 0.29) is 17.4 Å². The zero-order valence-electron chi connectivity index (χ0n) is 9.99. The molecule has 2 aromatic heterocycles. The molecule has 0 amide bonds. The molecule has 0 spiro atoms. The number of hydrogen-bond acceptors (Lipinski definition) is 6. The highest BCUT2D eigenvalue weighted by Crippen LogP contribution is 2.28. The highest BCUT2D eigenvalue weighted by Gasteiger charge is 2.13. The first kappa shape index (κ1) is 12.4. The molecular weight excluding hydrogens is 282 g/mol. The Morgan fingerprint density at radius 2 is 1.80 bits per heavy atom. The molecule has 20 heavy (non-hydrogen) atoms. The normalized spacial score (nSPS) is 10.7. The molecule has 7 heteroatoms. The van der Waals surface area contributed by atoms with Crippen molar-refractivity contribution in [3.05, 3.63) is 41.6 Å². The van der Waals surface area contributed by atoms with Crippen molar-refractivity contribution in [3.8, 4) is 34.5 Å². The van der Waals surface area contributed by atoms with Gasteiger partial charge in [-0.25, -0.2) is 0 Å². The Morgan fingerprint density at radius 1 is 1.05 bits per heavy atom. The lowest BCUT2D eigenvalue weighted by atomic mass is 10.2. The van der Waals surface area contributed by atoms with Crippen LogP contribution in [0.15, 0.2) is 41.1 Å². The van der Waals surface area contributed by atoms with Crippen LogP contribution in [0, 0.1) is 0 Å². The van der Waals surface area contributed by atoms with Crippen molar-refractivity contribution in [2.45, 2.75) is 0 Å². The van der Waals surface area contributed by atoms with Crippen molar-refractivity contribution in [2.75, 3.05) is 0 Å². The molecule has 0 aliphatic heterocycles. The molecule has 100 valence electrons. The van der Waals surface area contributed by atoms with E-state index in [1.165, 1.54) is 24.4 Å². The van der Waals surface area contributed by atoms with Gasteiger partial charge in [-0.05, 0) is 24.3 Å². The summed E-state index contributed by atoms with van der Waals surface area (Å²) in [5.41, 5.74) is 0.920. The van der Waals surface area contributed by atoms with Crippen LogP contribution in [0.3, 0.4) is 0 Å². The van der Waals surface area contributed by atoms with E-state index in [2.05, 4.69) is 15.1 Å². The number of benzene rings is 1. The smallest absolute Gasteiger partial charge is 0.258 e. The lowest BCUT2D eigenvalue weighted by Crippen LogP contribution is -1.85. The molecular formula is C13H8ClN3O3. The molecule has 0 aliphatic carbocycles. The molecule has 0 aliphatic rings. The Balaban J connectivity index is 1.99. The molecule has 6 nitrogen and oxygen atoms in total. The van der Waals surface area contributed by atoms with Gasteiger partial charge in [-0.15, -0.1) is 0 Å². The first-order valence-electron chi connectivity index (χ1n) is 5.61. The summed E-state index contributed by atoms with van der Waals surface area (Å²) in [5.74, 6) is 0.274. The molecule has 0 fully saturated rings. The van der Waals surface area contributed by atoms with E-state index < -0.39 is 0 Å². The van der Waals surface area contributed by atoms with Crippen LogP contribution in [0.25, 0.3) is 23.0 Å². The van der Waals surface area contributed by atoms with Gasteiger partial charge in [0.1, 0.15) is 17.2 Å². The van der Waals surface area contributed by atoms with Crippen LogP contribution in [-0.2, 0) is 0 Å². The fourth-order valence-corrected chi connectivity index (χ4v) is 1.78. The molecule has 2 heterocycles. The van der Waals surface area contributed by atoms with Crippen molar-refractivity contribution in [1.82, 2.24) is 15.1 Å². The summed E-state index contributed by atoms with van der Waals surface area (Å²) in [4.78, 5) is 8.23. The van der Waals surface area contributed by atoms with E-state index in [1.54, 1.807) is 12.1 Å². The van der Waals surface area contributed by atoms with E-state index in [1.807, 2.05) is 0 Å². The zero-order chi connectivity index (χ0) is 14.1. The average Bonchev–Trinajstić information content (AvgIpc) is 2.88. The summed E-state index contributed by atoms with van der Waals surface area (Å²) in [5, 5.41) is 23.2. The minimum atomic E-state index is -0.0932. The van der Waals surface area contributed by atoms with Crippen molar-refractivity contribution in [3.63, 3.8) is 0 Å². The highest BCUT2D eigenvalue weighted by atomic mass is 35.5. The molecule has 3 rings (SSSR count). The summed E-state index contributed by atoms with van der Waals surface area (Å²) in [7, 11) is 0. The van der Waals surface area contributed by atoms with Gasteiger partial charge in [0.05, 0.1) is 5.02 Å². The number of halogens is 1. The first-order chi connectivity index (χ1) is 9.61. The van der Waals surface area contributed by atoms with E-state index in [9.17, 15) is 10.2 Å². The van der Waals surface area contributed by atoms with Crippen LogP contribution < -0.4 is 0 Å². The second-order valence-electron chi connectivity index (χ2n) is 4.02. The standard InChI is InChI=1S/C13H8ClN3O3/c14-8-1-2-11(15-6-8)12-16-13(20-17-12)7-3-9(18)5-10(19)4-7/h1-6,18-19H. The van der Waals surface area contributed by atoms with Crippen molar-refractivity contribution < 1.29 is 14.7 Å². The SMILES string of the molecule is Oc1cc(O)cc(-c2nc(-c3ccc(Cl)cn3)no2)c1. The number of rotatable bonds is 2. The minimum Gasteiger partial charge on any atom is -0.508 e. The van der Waals surface area contributed by atoms with Gasteiger partial charge >= 0.3 is 0 Å². The Labute approximate surface area is 118 Å². The maximum absolute atomic E-state index is 9.43. The fourth-order valence-electron chi connectivity index (χ4n) is 1.67. The zero-order valence-corrected chi connectivity index (χ0v) is 10.7. The molecule has 0 saturated heterocycles. The van der Waals surface area contributed by atoms with Crippen LogP contribution in [-0.4, -0.2) is 25.3 Å². The molecule has 0 atom stereocenters. The predicted octanol–water partition coefficient (Wildman–Crippen LogP) is 2.86. The summed E-state index contributed by atoms with van der Waals surface area (Å²) in [6.07, 6.45) is 1.48. The van der Waals surface area contributed by atoms with Gasteiger partial charge < -0.3 is 14.7 Å². The van der Waals surface area contributed by atoms with Gasteiger partial charge in [0.2, 0.25) is 5.82 Å². The van der Waals surface area contributed by atoms with Crippen LogP contribution in [0.4, 0.5) is 0 Å². The van der Waals surface area contributed by atoms with Gasteiger partial charge in [0, 0.05) is 17.8 Å². The van der Waals surface area contributed by atoms with Crippen LogP contribution in [0.5, 0.6) is 11.5 Å². The molecule has 0 radical (unpaired) electrons. The van der Waals surface area contributed by atoms with E-state index in [4.69, 9.17) is 16.1 Å². The van der Waals surface area contributed by atoms with E-state index in [0.29, 0.717) is 22.1 Å². The number of nitrogens with zero attached hydrogens (tertiary/aromatic N) is 3. The fraction of sp³-hybridized carbons (Fsp3) is 0. The second-order valence-corrected chi connectivity index (χ2v) is 4.46. The Morgan fingerprint density at radius 3 is 2.45 bits per heavy atom. The van der Waals surface area contributed by atoms with Gasteiger partial charge in [0.15, 0.2) is 0 Å². The van der Waals surface area contributed by atoms with Crippen LogP contribution >= 0.6 is 11.6 Å². The monoisotopic (exact) mass is 289 g/mol. The largest absolute Gasteiger partial charge is 0.508 e. The maximum atomic E-state index is 9.43. The van der Waals surface area contributed by atoms with E-state index >= 15 is 0 Å². The maximum Gasteiger partial charge on any atom is 0.258 e. The summed E-state index contributed by atoms with van der Waals surface area (Å²) < 4.78 is 5.09. The van der Waals surface area contributed by atoms with Gasteiger partial charge in [0.25, 0.3) is 5.89 Å². The molecule has 2 N–H and O–H groups in total. The van der Waals surface area contributed by atoms with Crippen molar-refractivity contribution in [1.29, 1.82) is 0 Å². The third kappa shape index (κ3) is 2.41. The van der Waals surface area contributed by atoms with Gasteiger partial charge in [-0.2, -0.15) is 4.98 Å². The lowest BCUT2D eigenvalue weighted by Gasteiger charge is -1.97. The molecule has 3 aromatic rings. The minimum absolute atomic E-state index is 0.0932. The number of hydrogen-bond donors (Lipinski definition) is 2. The second kappa shape index (κ2) is 4.82. The van der Waals surface area contributed by atoms with Crippen molar-refractivity contribution >= 4 is 11.6 Å². The number of phenolic OH excluding ortho intramolecular Hbond substituents is 2.